The Balaban J connectivity index is 1.54. The Morgan fingerprint density at radius 1 is 0.895 bits per heavy atom. The van der Waals surface area contributed by atoms with E-state index in [2.05, 4.69) is 5.32 Å². The van der Waals surface area contributed by atoms with E-state index in [1.54, 1.807) is 72.8 Å². The fourth-order valence-electron chi connectivity index (χ4n) is 4.22. The van der Waals surface area contributed by atoms with Crippen molar-refractivity contribution >= 4 is 11.9 Å². The molecule has 1 heterocycles. The van der Waals surface area contributed by atoms with Gasteiger partial charge >= 0.3 is 5.97 Å². The first-order valence-electron chi connectivity index (χ1n) is 12.0. The number of carboxylic acid groups (broad SMARTS) is 1. The second kappa shape index (κ2) is 12.2. The predicted octanol–water partition coefficient (Wildman–Crippen LogP) is 0.958. The van der Waals surface area contributed by atoms with Crippen molar-refractivity contribution in [2.24, 2.45) is 0 Å². The topological polar surface area (TPSA) is 166 Å². The van der Waals surface area contributed by atoms with Gasteiger partial charge in [0.25, 0.3) is 5.91 Å². The van der Waals surface area contributed by atoms with Gasteiger partial charge in [-0.25, -0.2) is 4.79 Å². The molecule has 38 heavy (non-hydrogen) atoms. The molecule has 1 saturated heterocycles. The van der Waals surface area contributed by atoms with Crippen molar-refractivity contribution in [3.8, 4) is 16.9 Å². The second-order valence-corrected chi connectivity index (χ2v) is 8.95. The number of nitrogens with one attached hydrogen (secondary N) is 1. The van der Waals surface area contributed by atoms with Gasteiger partial charge in [-0.15, -0.1) is 0 Å². The van der Waals surface area contributed by atoms with Gasteiger partial charge in [-0.2, -0.15) is 0 Å². The summed E-state index contributed by atoms with van der Waals surface area (Å²) in [7, 11) is 0. The Bertz CT molecular complexity index is 1250. The minimum absolute atomic E-state index is 0.122. The summed E-state index contributed by atoms with van der Waals surface area (Å²) in [6, 6.07) is 21.1. The monoisotopic (exact) mass is 523 g/mol. The fraction of sp³-hybridized carbons (Fsp3) is 0.286. The zero-order valence-electron chi connectivity index (χ0n) is 20.3. The Kier molecular flexibility index (Phi) is 8.72. The number of hydrogen-bond donors (Lipinski definition) is 6. The first kappa shape index (κ1) is 27.2. The molecule has 6 atom stereocenters. The van der Waals surface area contributed by atoms with Crippen LogP contribution in [0.2, 0.25) is 0 Å². The lowest BCUT2D eigenvalue weighted by atomic mass is 9.99. The summed E-state index contributed by atoms with van der Waals surface area (Å²) in [5.74, 6) is -1.47. The smallest absolute Gasteiger partial charge is 0.326 e. The predicted molar refractivity (Wildman–Crippen MR) is 135 cm³/mol. The fourth-order valence-corrected chi connectivity index (χ4v) is 4.22. The van der Waals surface area contributed by atoms with E-state index in [-0.39, 0.29) is 17.7 Å². The first-order valence-corrected chi connectivity index (χ1v) is 12.0. The number of carbonyl (C=O) groups is 2. The zero-order chi connectivity index (χ0) is 27.2. The van der Waals surface area contributed by atoms with Crippen molar-refractivity contribution in [2.75, 3.05) is 6.61 Å². The molecule has 0 aliphatic carbocycles. The van der Waals surface area contributed by atoms with Crippen LogP contribution in [-0.2, 0) is 16.0 Å². The molecule has 0 spiro atoms. The van der Waals surface area contributed by atoms with Crippen molar-refractivity contribution in [1.29, 1.82) is 0 Å². The van der Waals surface area contributed by atoms with Gasteiger partial charge in [0.2, 0.25) is 6.29 Å². The van der Waals surface area contributed by atoms with Crippen LogP contribution in [0, 0.1) is 0 Å². The standard InChI is InChI=1S/C28H29NO9/c30-15-22-23(31)24(32)25(33)28(38-22)37-21-12-5-4-11-19(21)17-9-6-10-18(14-17)26(34)29-20(27(35)36)13-16-7-2-1-3-8-16/h1-12,14,20,22-25,28,30-33H,13,15H2,(H,29,34)(H,35,36)/t20-,22+,23+,24-,25-,28-/m0/s1. The van der Waals surface area contributed by atoms with E-state index in [9.17, 15) is 35.1 Å². The Morgan fingerprint density at radius 2 is 1.61 bits per heavy atom. The quantitative estimate of drug-likeness (QED) is 0.240. The van der Waals surface area contributed by atoms with Crippen LogP contribution in [-0.4, -0.2) is 80.8 Å². The molecule has 0 saturated carbocycles. The van der Waals surface area contributed by atoms with Crippen molar-refractivity contribution in [1.82, 2.24) is 5.32 Å². The molecule has 0 unspecified atom stereocenters. The number of ether oxygens (including phenoxy) is 2. The molecule has 1 aliphatic rings. The van der Waals surface area contributed by atoms with Gasteiger partial charge in [0.1, 0.15) is 36.2 Å². The van der Waals surface area contributed by atoms with Crippen LogP contribution in [0.5, 0.6) is 5.75 Å². The molecule has 3 aromatic rings. The van der Waals surface area contributed by atoms with Gasteiger partial charge in [0, 0.05) is 17.5 Å². The summed E-state index contributed by atoms with van der Waals surface area (Å²) in [5.41, 5.74) is 2.09. The van der Waals surface area contributed by atoms with Gasteiger partial charge in [0.15, 0.2) is 0 Å². The highest BCUT2D eigenvalue weighted by molar-refractivity contribution is 5.97. The highest BCUT2D eigenvalue weighted by Gasteiger charge is 2.44. The number of benzene rings is 3. The second-order valence-electron chi connectivity index (χ2n) is 8.95. The van der Waals surface area contributed by atoms with Crippen molar-refractivity contribution in [3.05, 3.63) is 90.0 Å². The number of carbonyl (C=O) groups excluding carboxylic acids is 1. The summed E-state index contributed by atoms with van der Waals surface area (Å²) >= 11 is 0. The van der Waals surface area contributed by atoms with Crippen LogP contribution < -0.4 is 10.1 Å². The number of carboxylic acids is 1. The Morgan fingerprint density at radius 3 is 2.32 bits per heavy atom. The number of aliphatic carboxylic acids is 1. The minimum atomic E-state index is -1.59. The zero-order valence-corrected chi connectivity index (χ0v) is 20.3. The molecule has 0 radical (unpaired) electrons. The van der Waals surface area contributed by atoms with E-state index in [4.69, 9.17) is 9.47 Å². The molecular formula is C28H29NO9. The molecule has 0 bridgehead atoms. The minimum Gasteiger partial charge on any atom is -0.480 e. The number of aliphatic hydroxyl groups excluding tert-OH is 4. The van der Waals surface area contributed by atoms with Gasteiger partial charge in [-0.1, -0.05) is 60.7 Å². The SMILES string of the molecule is O=C(N[C@@H](Cc1ccccc1)C(=O)O)c1cccc(-c2ccccc2O[C@H]2O[C@H](CO)[C@@H](O)[C@H](O)[C@@H]2O)c1. The third-order valence-corrected chi connectivity index (χ3v) is 6.30. The van der Waals surface area contributed by atoms with Crippen molar-refractivity contribution in [3.63, 3.8) is 0 Å². The summed E-state index contributed by atoms with van der Waals surface area (Å²) in [6.07, 6.45) is -7.09. The normalized spacial score (nSPS) is 23.8. The first-order chi connectivity index (χ1) is 18.3. The number of para-hydroxylation sites is 1. The number of aliphatic hydroxyl groups is 4. The molecule has 0 aromatic heterocycles. The molecule has 4 rings (SSSR count). The summed E-state index contributed by atoms with van der Waals surface area (Å²) in [5, 5.41) is 52.1. The molecule has 1 aliphatic heterocycles. The lowest BCUT2D eigenvalue weighted by molar-refractivity contribution is -0.277. The van der Waals surface area contributed by atoms with Crippen LogP contribution in [0.1, 0.15) is 15.9 Å². The number of amides is 1. The van der Waals surface area contributed by atoms with E-state index >= 15 is 0 Å². The lowest BCUT2D eigenvalue weighted by Gasteiger charge is -2.39. The lowest BCUT2D eigenvalue weighted by Crippen LogP contribution is -2.60. The Hall–Kier alpha value is -3.80. The Labute approximate surface area is 218 Å². The molecule has 10 heteroatoms. The van der Waals surface area contributed by atoms with Gasteiger partial charge < -0.3 is 40.3 Å². The van der Waals surface area contributed by atoms with E-state index in [1.807, 2.05) is 6.07 Å². The third kappa shape index (κ3) is 6.18. The number of hydrogen-bond acceptors (Lipinski definition) is 8. The molecule has 3 aromatic carbocycles. The van der Waals surface area contributed by atoms with Gasteiger partial charge in [-0.05, 0) is 29.3 Å². The van der Waals surface area contributed by atoms with Crippen LogP contribution in [0.4, 0.5) is 0 Å². The van der Waals surface area contributed by atoms with Crippen LogP contribution in [0.15, 0.2) is 78.9 Å². The highest BCUT2D eigenvalue weighted by Crippen LogP contribution is 2.33. The van der Waals surface area contributed by atoms with Gasteiger partial charge in [0.05, 0.1) is 6.61 Å². The molecular weight excluding hydrogens is 494 g/mol. The summed E-state index contributed by atoms with van der Waals surface area (Å²) in [6.45, 7) is -0.592. The average molecular weight is 524 g/mol. The summed E-state index contributed by atoms with van der Waals surface area (Å²) in [4.78, 5) is 24.8. The van der Waals surface area contributed by atoms with Crippen LogP contribution in [0.3, 0.4) is 0 Å². The molecule has 200 valence electrons. The van der Waals surface area contributed by atoms with E-state index < -0.39 is 55.2 Å². The summed E-state index contributed by atoms with van der Waals surface area (Å²) < 4.78 is 11.3. The van der Waals surface area contributed by atoms with Crippen LogP contribution >= 0.6 is 0 Å². The average Bonchev–Trinajstić information content (AvgIpc) is 2.93. The van der Waals surface area contributed by atoms with Crippen LogP contribution in [0.25, 0.3) is 11.1 Å². The van der Waals surface area contributed by atoms with E-state index in [1.165, 1.54) is 0 Å². The van der Waals surface area contributed by atoms with Gasteiger partial charge in [-0.3, -0.25) is 4.79 Å². The maximum Gasteiger partial charge on any atom is 0.326 e. The largest absolute Gasteiger partial charge is 0.480 e. The molecule has 1 fully saturated rings. The van der Waals surface area contributed by atoms with E-state index in [0.717, 1.165) is 5.56 Å². The molecule has 6 N–H and O–H groups in total. The molecule has 1 amide bonds. The maximum absolute atomic E-state index is 13.0. The molecule has 10 nitrogen and oxygen atoms in total. The highest BCUT2D eigenvalue weighted by atomic mass is 16.7. The van der Waals surface area contributed by atoms with E-state index in [0.29, 0.717) is 11.1 Å². The maximum atomic E-state index is 13.0. The van der Waals surface area contributed by atoms with Crippen molar-refractivity contribution in [2.45, 2.75) is 43.2 Å². The van der Waals surface area contributed by atoms with Crippen molar-refractivity contribution < 1.29 is 44.6 Å². The number of rotatable bonds is 9. The third-order valence-electron chi connectivity index (χ3n) is 6.30.